The standard InChI is InChI=1S/C13H24O2/c1-2-11-5-7-13(14,8-6-11)12-4-3-9-15-10-12/h11-12,14H,2-10H2,1H3. The van der Waals surface area contributed by atoms with Crippen LogP contribution in [0.4, 0.5) is 0 Å². The van der Waals surface area contributed by atoms with Crippen molar-refractivity contribution >= 4 is 0 Å². The number of hydrogen-bond donors (Lipinski definition) is 1. The van der Waals surface area contributed by atoms with Crippen LogP contribution in [-0.2, 0) is 4.74 Å². The zero-order valence-electron chi connectivity index (χ0n) is 9.87. The summed E-state index contributed by atoms with van der Waals surface area (Å²) in [6.45, 7) is 3.94. The van der Waals surface area contributed by atoms with E-state index in [2.05, 4.69) is 6.92 Å². The normalized spacial score (nSPS) is 42.8. The fourth-order valence-electron chi connectivity index (χ4n) is 3.16. The fraction of sp³-hybridized carbons (Fsp3) is 1.00. The zero-order chi connectivity index (χ0) is 10.7. The van der Waals surface area contributed by atoms with Crippen molar-refractivity contribution in [3.05, 3.63) is 0 Å². The lowest BCUT2D eigenvalue weighted by atomic mass is 9.70. The minimum Gasteiger partial charge on any atom is -0.390 e. The summed E-state index contributed by atoms with van der Waals surface area (Å²) in [5.74, 6) is 1.26. The van der Waals surface area contributed by atoms with Gasteiger partial charge in [-0.05, 0) is 44.4 Å². The second-order valence-corrected chi connectivity index (χ2v) is 5.37. The molecule has 2 fully saturated rings. The summed E-state index contributed by atoms with van der Waals surface area (Å²) in [7, 11) is 0. The van der Waals surface area contributed by atoms with E-state index in [1.54, 1.807) is 0 Å². The maximum atomic E-state index is 10.6. The Morgan fingerprint density at radius 2 is 2.00 bits per heavy atom. The molecule has 0 radical (unpaired) electrons. The van der Waals surface area contributed by atoms with Gasteiger partial charge in [-0.15, -0.1) is 0 Å². The van der Waals surface area contributed by atoms with Crippen molar-refractivity contribution in [1.29, 1.82) is 0 Å². The molecule has 1 aliphatic heterocycles. The van der Waals surface area contributed by atoms with Crippen LogP contribution in [-0.4, -0.2) is 23.9 Å². The van der Waals surface area contributed by atoms with Crippen molar-refractivity contribution in [2.45, 2.75) is 57.5 Å². The van der Waals surface area contributed by atoms with Gasteiger partial charge in [-0.25, -0.2) is 0 Å². The number of rotatable bonds is 2. The van der Waals surface area contributed by atoms with Crippen molar-refractivity contribution in [2.75, 3.05) is 13.2 Å². The zero-order valence-corrected chi connectivity index (χ0v) is 9.87. The quantitative estimate of drug-likeness (QED) is 0.762. The highest BCUT2D eigenvalue weighted by Gasteiger charge is 2.40. The third-order valence-corrected chi connectivity index (χ3v) is 4.47. The van der Waals surface area contributed by atoms with Crippen LogP contribution in [0.15, 0.2) is 0 Å². The first-order chi connectivity index (χ1) is 7.24. The van der Waals surface area contributed by atoms with Crippen molar-refractivity contribution in [1.82, 2.24) is 0 Å². The Balaban J connectivity index is 1.89. The first-order valence-corrected chi connectivity index (χ1v) is 6.55. The molecule has 2 heteroatoms. The third kappa shape index (κ3) is 2.54. The van der Waals surface area contributed by atoms with Crippen LogP contribution in [0.3, 0.4) is 0 Å². The van der Waals surface area contributed by atoms with E-state index in [4.69, 9.17) is 4.74 Å². The van der Waals surface area contributed by atoms with Gasteiger partial charge in [0, 0.05) is 12.5 Å². The highest BCUT2D eigenvalue weighted by atomic mass is 16.5. The molecule has 2 nitrogen and oxygen atoms in total. The van der Waals surface area contributed by atoms with Crippen LogP contribution in [0, 0.1) is 11.8 Å². The molecule has 1 N–H and O–H groups in total. The summed E-state index contributed by atoms with van der Waals surface area (Å²) in [4.78, 5) is 0. The highest BCUT2D eigenvalue weighted by molar-refractivity contribution is 4.91. The molecule has 1 saturated heterocycles. The van der Waals surface area contributed by atoms with E-state index in [0.717, 1.165) is 44.8 Å². The number of hydrogen-bond acceptors (Lipinski definition) is 2. The number of ether oxygens (including phenoxy) is 1. The van der Waals surface area contributed by atoms with Crippen molar-refractivity contribution in [3.63, 3.8) is 0 Å². The largest absolute Gasteiger partial charge is 0.390 e. The summed E-state index contributed by atoms with van der Waals surface area (Å²) in [6.07, 6.45) is 7.99. The molecular formula is C13H24O2. The fourth-order valence-corrected chi connectivity index (χ4v) is 3.16. The Morgan fingerprint density at radius 1 is 1.27 bits per heavy atom. The van der Waals surface area contributed by atoms with E-state index in [1.807, 2.05) is 0 Å². The first-order valence-electron chi connectivity index (χ1n) is 6.55. The van der Waals surface area contributed by atoms with Gasteiger partial charge in [-0.3, -0.25) is 0 Å². The molecule has 15 heavy (non-hydrogen) atoms. The maximum absolute atomic E-state index is 10.6. The lowest BCUT2D eigenvalue weighted by Crippen LogP contribution is -2.45. The van der Waals surface area contributed by atoms with E-state index in [1.165, 1.54) is 19.3 Å². The number of aliphatic hydroxyl groups is 1. The molecule has 0 spiro atoms. The SMILES string of the molecule is CCC1CCC(O)(C2CCCOC2)CC1. The Kier molecular flexibility index (Phi) is 3.68. The second kappa shape index (κ2) is 4.84. The van der Waals surface area contributed by atoms with Gasteiger partial charge in [-0.2, -0.15) is 0 Å². The minimum absolute atomic E-state index is 0.397. The van der Waals surface area contributed by atoms with E-state index < -0.39 is 5.60 Å². The van der Waals surface area contributed by atoms with E-state index in [-0.39, 0.29) is 0 Å². The molecule has 0 aromatic rings. The molecular weight excluding hydrogens is 188 g/mol. The van der Waals surface area contributed by atoms with E-state index in [9.17, 15) is 5.11 Å². The smallest absolute Gasteiger partial charge is 0.0698 e. The Hall–Kier alpha value is -0.0800. The summed E-state index contributed by atoms with van der Waals surface area (Å²) in [6, 6.07) is 0. The van der Waals surface area contributed by atoms with Gasteiger partial charge in [0.05, 0.1) is 12.2 Å². The maximum Gasteiger partial charge on any atom is 0.0698 e. The Morgan fingerprint density at radius 3 is 2.53 bits per heavy atom. The van der Waals surface area contributed by atoms with Crippen LogP contribution in [0.1, 0.15) is 51.9 Å². The third-order valence-electron chi connectivity index (χ3n) is 4.47. The van der Waals surface area contributed by atoms with Gasteiger partial charge >= 0.3 is 0 Å². The predicted molar refractivity (Wildman–Crippen MR) is 60.7 cm³/mol. The molecule has 2 rings (SSSR count). The van der Waals surface area contributed by atoms with Gasteiger partial charge in [0.2, 0.25) is 0 Å². The topological polar surface area (TPSA) is 29.5 Å². The molecule has 0 aromatic carbocycles. The summed E-state index contributed by atoms with van der Waals surface area (Å²) in [5.41, 5.74) is -0.397. The lowest BCUT2D eigenvalue weighted by Gasteiger charge is -2.43. The van der Waals surface area contributed by atoms with Gasteiger partial charge in [0.15, 0.2) is 0 Å². The first kappa shape index (κ1) is 11.4. The second-order valence-electron chi connectivity index (χ2n) is 5.37. The molecule has 1 unspecified atom stereocenters. The highest BCUT2D eigenvalue weighted by Crippen LogP contribution is 2.40. The summed E-state index contributed by atoms with van der Waals surface area (Å²) >= 11 is 0. The summed E-state index contributed by atoms with van der Waals surface area (Å²) in [5, 5.41) is 10.6. The van der Waals surface area contributed by atoms with E-state index in [0.29, 0.717) is 5.92 Å². The molecule has 1 saturated carbocycles. The van der Waals surface area contributed by atoms with Crippen LogP contribution in [0.5, 0.6) is 0 Å². The molecule has 1 aliphatic carbocycles. The van der Waals surface area contributed by atoms with E-state index >= 15 is 0 Å². The minimum atomic E-state index is -0.397. The average Bonchev–Trinajstić information content (AvgIpc) is 2.31. The Labute approximate surface area is 93.0 Å². The Bertz CT molecular complexity index is 189. The van der Waals surface area contributed by atoms with Crippen molar-refractivity contribution in [3.8, 4) is 0 Å². The van der Waals surface area contributed by atoms with Crippen LogP contribution in [0.25, 0.3) is 0 Å². The molecule has 88 valence electrons. The van der Waals surface area contributed by atoms with Crippen molar-refractivity contribution in [2.24, 2.45) is 11.8 Å². The molecule has 1 heterocycles. The van der Waals surface area contributed by atoms with Gasteiger partial charge in [0.1, 0.15) is 0 Å². The van der Waals surface area contributed by atoms with Gasteiger partial charge in [-0.1, -0.05) is 13.3 Å². The monoisotopic (exact) mass is 212 g/mol. The van der Waals surface area contributed by atoms with Gasteiger partial charge in [0.25, 0.3) is 0 Å². The van der Waals surface area contributed by atoms with Gasteiger partial charge < -0.3 is 9.84 Å². The lowest BCUT2D eigenvalue weighted by molar-refractivity contribution is -0.104. The predicted octanol–water partition coefficient (Wildman–Crippen LogP) is 2.74. The molecule has 2 aliphatic rings. The molecule has 0 bridgehead atoms. The molecule has 0 aromatic heterocycles. The van der Waals surface area contributed by atoms with Crippen LogP contribution >= 0.6 is 0 Å². The average molecular weight is 212 g/mol. The molecule has 0 amide bonds. The van der Waals surface area contributed by atoms with Crippen LogP contribution in [0.2, 0.25) is 0 Å². The summed E-state index contributed by atoms with van der Waals surface area (Å²) < 4.78 is 5.49. The van der Waals surface area contributed by atoms with Crippen molar-refractivity contribution < 1.29 is 9.84 Å². The molecule has 1 atom stereocenters. The van der Waals surface area contributed by atoms with Crippen LogP contribution < -0.4 is 0 Å².